The molecule has 3 heterocycles. The van der Waals surface area contributed by atoms with Crippen LogP contribution in [0.25, 0.3) is 5.65 Å². The Bertz CT molecular complexity index is 736. The molecular formula is C14H17N5OS. The number of aryl methyl sites for hydroxylation is 1. The van der Waals surface area contributed by atoms with Gasteiger partial charge in [0.1, 0.15) is 11.5 Å². The molecule has 3 aromatic rings. The van der Waals surface area contributed by atoms with Crippen molar-refractivity contribution in [1.82, 2.24) is 18.7 Å². The molecule has 0 bridgehead atoms. The summed E-state index contributed by atoms with van der Waals surface area (Å²) in [7, 11) is 1.68. The molecule has 0 atom stereocenters. The number of imidazole rings is 1. The number of hydrogen-bond donors (Lipinski definition) is 1. The van der Waals surface area contributed by atoms with Gasteiger partial charge in [0.05, 0.1) is 18.8 Å². The van der Waals surface area contributed by atoms with Gasteiger partial charge in [-0.2, -0.15) is 4.37 Å². The number of aromatic nitrogens is 4. The number of ether oxygens (including phenoxy) is 1. The maximum Gasteiger partial charge on any atom is 0.202 e. The molecule has 0 saturated heterocycles. The molecule has 1 N–H and O–H groups in total. The average molecular weight is 303 g/mol. The van der Waals surface area contributed by atoms with Gasteiger partial charge in [-0.3, -0.25) is 0 Å². The minimum atomic E-state index is 0.639. The van der Waals surface area contributed by atoms with Gasteiger partial charge >= 0.3 is 0 Å². The summed E-state index contributed by atoms with van der Waals surface area (Å²) in [5, 5.41) is 4.08. The molecular weight excluding hydrogens is 286 g/mol. The fourth-order valence-electron chi connectivity index (χ4n) is 2.08. The van der Waals surface area contributed by atoms with Crippen molar-refractivity contribution < 1.29 is 4.74 Å². The minimum Gasteiger partial charge on any atom is -0.384 e. The molecule has 6 nitrogen and oxygen atoms in total. The molecule has 0 aliphatic heterocycles. The Morgan fingerprint density at radius 2 is 2.29 bits per heavy atom. The Morgan fingerprint density at radius 3 is 3.10 bits per heavy atom. The summed E-state index contributed by atoms with van der Waals surface area (Å²) >= 11 is 1.37. The molecule has 110 valence electrons. The van der Waals surface area contributed by atoms with Gasteiger partial charge in [-0.1, -0.05) is 6.07 Å². The monoisotopic (exact) mass is 303 g/mol. The second-order valence-corrected chi connectivity index (χ2v) is 5.52. The van der Waals surface area contributed by atoms with Crippen LogP contribution in [0.5, 0.6) is 0 Å². The first kappa shape index (κ1) is 14.0. The van der Waals surface area contributed by atoms with Gasteiger partial charge in [0.25, 0.3) is 0 Å². The molecule has 0 aliphatic carbocycles. The number of anilines is 1. The van der Waals surface area contributed by atoms with Crippen molar-refractivity contribution in [3.05, 3.63) is 41.6 Å². The van der Waals surface area contributed by atoms with Gasteiger partial charge in [0.15, 0.2) is 0 Å². The summed E-state index contributed by atoms with van der Waals surface area (Å²) in [5.74, 6) is 0.815. The summed E-state index contributed by atoms with van der Waals surface area (Å²) in [6.07, 6.45) is 4.77. The third-order valence-corrected chi connectivity index (χ3v) is 3.86. The molecule has 7 heteroatoms. The lowest BCUT2D eigenvalue weighted by Gasteiger charge is -1.97. The zero-order valence-electron chi connectivity index (χ0n) is 12.0. The van der Waals surface area contributed by atoms with E-state index in [1.165, 1.54) is 17.1 Å². The summed E-state index contributed by atoms with van der Waals surface area (Å²) in [6, 6.07) is 4.08. The van der Waals surface area contributed by atoms with Crippen molar-refractivity contribution in [2.45, 2.75) is 19.9 Å². The lowest BCUT2D eigenvalue weighted by atomic mass is 10.3. The first-order valence-electron chi connectivity index (χ1n) is 6.75. The van der Waals surface area contributed by atoms with E-state index in [0.29, 0.717) is 13.2 Å². The van der Waals surface area contributed by atoms with Gasteiger partial charge in [-0.15, -0.1) is 0 Å². The van der Waals surface area contributed by atoms with Gasteiger partial charge < -0.3 is 14.5 Å². The topological polar surface area (TPSA) is 64.3 Å². The molecule has 0 aliphatic rings. The number of fused-ring (bicyclic) bond motifs is 1. The van der Waals surface area contributed by atoms with Crippen molar-refractivity contribution in [1.29, 1.82) is 0 Å². The fourth-order valence-corrected chi connectivity index (χ4v) is 2.68. The van der Waals surface area contributed by atoms with Crippen LogP contribution in [0, 0.1) is 6.92 Å². The highest BCUT2D eigenvalue weighted by molar-refractivity contribution is 7.09. The summed E-state index contributed by atoms with van der Waals surface area (Å²) in [5.41, 5.74) is 3.15. The van der Waals surface area contributed by atoms with Crippen molar-refractivity contribution in [3.63, 3.8) is 0 Å². The molecule has 3 aromatic heterocycles. The van der Waals surface area contributed by atoms with Crippen molar-refractivity contribution in [2.24, 2.45) is 0 Å². The van der Waals surface area contributed by atoms with Gasteiger partial charge in [0, 0.05) is 37.5 Å². The van der Waals surface area contributed by atoms with E-state index in [1.54, 1.807) is 7.11 Å². The van der Waals surface area contributed by atoms with Gasteiger partial charge in [-0.25, -0.2) is 9.97 Å². The van der Waals surface area contributed by atoms with Gasteiger partial charge in [0.2, 0.25) is 5.13 Å². The van der Waals surface area contributed by atoms with E-state index in [1.807, 2.05) is 22.9 Å². The highest BCUT2D eigenvalue weighted by atomic mass is 32.1. The number of nitrogens with one attached hydrogen (secondary N) is 1. The zero-order valence-corrected chi connectivity index (χ0v) is 12.9. The second kappa shape index (κ2) is 6.19. The summed E-state index contributed by atoms with van der Waals surface area (Å²) < 4.78 is 11.3. The maximum atomic E-state index is 5.02. The Kier molecular flexibility index (Phi) is 4.12. The first-order chi connectivity index (χ1) is 10.3. The van der Waals surface area contributed by atoms with E-state index < -0.39 is 0 Å². The molecule has 0 unspecified atom stereocenters. The quantitative estimate of drug-likeness (QED) is 0.757. The number of rotatable bonds is 6. The van der Waals surface area contributed by atoms with Gasteiger partial charge in [-0.05, 0) is 18.6 Å². The Morgan fingerprint density at radius 1 is 1.38 bits per heavy atom. The lowest BCUT2D eigenvalue weighted by molar-refractivity contribution is 0.201. The summed E-state index contributed by atoms with van der Waals surface area (Å²) in [6.45, 7) is 3.34. The second-order valence-electron chi connectivity index (χ2n) is 4.77. The maximum absolute atomic E-state index is 5.02. The standard InChI is InChI=1S/C14H17N5OS/c1-10-4-3-6-19-9-11(16-13(10)19)8-15-14-17-12(18-21-14)5-7-20-2/h3-4,6,9H,5,7-8H2,1-2H3,(H,15,17,18). The number of nitrogens with zero attached hydrogens (tertiary/aromatic N) is 4. The van der Waals surface area contributed by atoms with Crippen LogP contribution in [0.15, 0.2) is 24.5 Å². The van der Waals surface area contributed by atoms with E-state index in [0.717, 1.165) is 28.7 Å². The van der Waals surface area contributed by atoms with Crippen LogP contribution in [0.2, 0.25) is 0 Å². The van der Waals surface area contributed by atoms with Crippen LogP contribution in [-0.2, 0) is 17.7 Å². The zero-order chi connectivity index (χ0) is 14.7. The van der Waals surface area contributed by atoms with Crippen molar-refractivity contribution in [2.75, 3.05) is 19.0 Å². The third kappa shape index (κ3) is 3.20. The number of pyridine rings is 1. The average Bonchev–Trinajstić information content (AvgIpc) is 3.10. The van der Waals surface area contributed by atoms with Crippen LogP contribution in [0.4, 0.5) is 5.13 Å². The van der Waals surface area contributed by atoms with Crippen molar-refractivity contribution in [3.8, 4) is 0 Å². The van der Waals surface area contributed by atoms with E-state index in [2.05, 4.69) is 32.6 Å². The van der Waals surface area contributed by atoms with Crippen LogP contribution in [-0.4, -0.2) is 32.5 Å². The van der Waals surface area contributed by atoms with Crippen LogP contribution >= 0.6 is 11.5 Å². The number of methoxy groups -OCH3 is 1. The molecule has 0 fully saturated rings. The smallest absolute Gasteiger partial charge is 0.202 e. The highest BCUT2D eigenvalue weighted by Crippen LogP contribution is 2.14. The van der Waals surface area contributed by atoms with Crippen LogP contribution < -0.4 is 5.32 Å². The Balaban J connectivity index is 1.66. The van der Waals surface area contributed by atoms with Crippen LogP contribution in [0.1, 0.15) is 17.1 Å². The normalized spacial score (nSPS) is 11.1. The minimum absolute atomic E-state index is 0.639. The predicted octanol–water partition coefficient (Wildman–Crippen LogP) is 2.30. The SMILES string of the molecule is COCCc1nsc(NCc2cn3cccc(C)c3n2)n1. The largest absolute Gasteiger partial charge is 0.384 e. The third-order valence-electron chi connectivity index (χ3n) is 3.15. The van der Waals surface area contributed by atoms with Crippen LogP contribution in [0.3, 0.4) is 0 Å². The molecule has 0 saturated carbocycles. The van der Waals surface area contributed by atoms with E-state index in [-0.39, 0.29) is 0 Å². The fraction of sp³-hybridized carbons (Fsp3) is 0.357. The van der Waals surface area contributed by atoms with E-state index in [9.17, 15) is 0 Å². The Labute approximate surface area is 127 Å². The van der Waals surface area contributed by atoms with E-state index in [4.69, 9.17) is 4.74 Å². The molecule has 0 spiro atoms. The molecule has 21 heavy (non-hydrogen) atoms. The Hall–Kier alpha value is -1.99. The summed E-state index contributed by atoms with van der Waals surface area (Å²) in [4.78, 5) is 9.04. The van der Waals surface area contributed by atoms with E-state index >= 15 is 0 Å². The molecule has 0 aromatic carbocycles. The predicted molar refractivity (Wildman–Crippen MR) is 82.7 cm³/mol. The lowest BCUT2D eigenvalue weighted by Crippen LogP contribution is -2.00. The van der Waals surface area contributed by atoms with Crippen molar-refractivity contribution >= 4 is 22.3 Å². The first-order valence-corrected chi connectivity index (χ1v) is 7.52. The molecule has 0 radical (unpaired) electrons. The number of hydrogen-bond acceptors (Lipinski definition) is 6. The molecule has 0 amide bonds. The molecule has 3 rings (SSSR count). The highest BCUT2D eigenvalue weighted by Gasteiger charge is 2.06.